The van der Waals surface area contributed by atoms with Crippen LogP contribution in [0, 0.1) is 0 Å². The molecule has 1 aromatic carbocycles. The van der Waals surface area contributed by atoms with Crippen LogP contribution in [0.5, 0.6) is 0 Å². The lowest BCUT2D eigenvalue weighted by Crippen LogP contribution is -2.28. The van der Waals surface area contributed by atoms with Gasteiger partial charge in [-0.1, -0.05) is 48.4 Å². The Hall–Kier alpha value is -0.730. The summed E-state index contributed by atoms with van der Waals surface area (Å²) in [7, 11) is 3.56. The quantitative estimate of drug-likeness (QED) is 0.401. The Balaban J connectivity index is 2.63. The summed E-state index contributed by atoms with van der Waals surface area (Å²) >= 11 is 0. The van der Waals surface area contributed by atoms with Crippen molar-refractivity contribution < 1.29 is 14.3 Å². The minimum Gasteiger partial charge on any atom is -0.378 e. The lowest BCUT2D eigenvalue weighted by molar-refractivity contribution is 0.0511. The Bertz CT molecular complexity index is 577. The molecule has 1 aromatic rings. The highest BCUT2D eigenvalue weighted by Crippen LogP contribution is 2.40. The Kier molecular flexibility index (Phi) is 11.4. The van der Waals surface area contributed by atoms with Crippen molar-refractivity contribution in [2.45, 2.75) is 38.4 Å². The molecule has 1 atom stereocenters. The van der Waals surface area contributed by atoms with Crippen LogP contribution in [0.15, 0.2) is 18.2 Å². The van der Waals surface area contributed by atoms with E-state index in [0.717, 1.165) is 0 Å². The molecule has 7 heteroatoms. The summed E-state index contributed by atoms with van der Waals surface area (Å²) in [6.45, 7) is 11.8. The van der Waals surface area contributed by atoms with Gasteiger partial charge >= 0.3 is 0 Å². The highest BCUT2D eigenvalue weighted by molar-refractivity contribution is 8.76. The molecule has 3 N–H and O–H groups in total. The van der Waals surface area contributed by atoms with Crippen molar-refractivity contribution in [2.75, 3.05) is 45.8 Å². The van der Waals surface area contributed by atoms with Crippen molar-refractivity contribution >= 4 is 27.5 Å². The van der Waals surface area contributed by atoms with Crippen molar-refractivity contribution in [3.8, 4) is 0 Å². The van der Waals surface area contributed by atoms with Crippen LogP contribution >= 0.6 is 21.6 Å². The second-order valence-electron chi connectivity index (χ2n) is 7.23. The summed E-state index contributed by atoms with van der Waals surface area (Å²) in [4.78, 5) is 12.5. The number of nitrogens with one attached hydrogen (secondary N) is 1. The third-order valence-corrected chi connectivity index (χ3v) is 6.14. The first-order valence-electron chi connectivity index (χ1n) is 9.29. The third kappa shape index (κ3) is 8.87. The van der Waals surface area contributed by atoms with Gasteiger partial charge in [0.25, 0.3) is 5.91 Å². The molecule has 0 radical (unpaired) electrons. The van der Waals surface area contributed by atoms with E-state index in [9.17, 15) is 4.79 Å². The normalized spacial score (nSPS) is 12.8. The van der Waals surface area contributed by atoms with E-state index in [1.54, 1.807) is 10.8 Å². The highest BCUT2D eigenvalue weighted by atomic mass is 33.1. The van der Waals surface area contributed by atoms with Gasteiger partial charge in [-0.15, -0.1) is 0 Å². The summed E-state index contributed by atoms with van der Waals surface area (Å²) in [6, 6.07) is 6.04. The molecule has 1 amide bonds. The van der Waals surface area contributed by atoms with Crippen LogP contribution < -0.4 is 11.1 Å². The Labute approximate surface area is 171 Å². The smallest absolute Gasteiger partial charge is 0.251 e. The van der Waals surface area contributed by atoms with Gasteiger partial charge in [0.1, 0.15) is 0 Å². The number of ether oxygens (including phenoxy) is 2. The monoisotopic (exact) mass is 414 g/mol. The van der Waals surface area contributed by atoms with Crippen LogP contribution in [-0.4, -0.2) is 51.7 Å². The third-order valence-electron chi connectivity index (χ3n) is 3.97. The van der Waals surface area contributed by atoms with E-state index in [4.69, 9.17) is 15.2 Å². The van der Waals surface area contributed by atoms with Gasteiger partial charge in [-0.3, -0.25) is 4.79 Å². The minimum atomic E-state index is -0.0685. The minimum absolute atomic E-state index is 0.0391. The standard InChI is InChI=1S/C20H34N2O3S2/c1-15(27-26-5)17-14-16(6-7-18(17)20(2,3)4)19(23)22-9-11-25-13-12-24-10-8-21/h6-7,14-15H,8-13,21H2,1-5H3,(H,22,23). The van der Waals surface area contributed by atoms with Crippen molar-refractivity contribution in [1.82, 2.24) is 5.32 Å². The zero-order chi connectivity index (χ0) is 20.3. The molecule has 0 saturated heterocycles. The van der Waals surface area contributed by atoms with Crippen molar-refractivity contribution in [3.63, 3.8) is 0 Å². The van der Waals surface area contributed by atoms with E-state index in [0.29, 0.717) is 50.3 Å². The summed E-state index contributed by atoms with van der Waals surface area (Å²) in [5, 5.41) is 3.24. The van der Waals surface area contributed by atoms with Crippen molar-refractivity contribution in [2.24, 2.45) is 5.73 Å². The molecule has 1 unspecified atom stereocenters. The predicted octanol–water partition coefficient (Wildman–Crippen LogP) is 3.78. The van der Waals surface area contributed by atoms with Gasteiger partial charge in [-0.05, 0) is 41.9 Å². The van der Waals surface area contributed by atoms with E-state index in [2.05, 4.69) is 45.3 Å². The average Bonchev–Trinajstić information content (AvgIpc) is 2.62. The van der Waals surface area contributed by atoms with Gasteiger partial charge in [-0.2, -0.15) is 0 Å². The topological polar surface area (TPSA) is 73.6 Å². The highest BCUT2D eigenvalue weighted by Gasteiger charge is 2.22. The van der Waals surface area contributed by atoms with Gasteiger partial charge < -0.3 is 20.5 Å². The number of carbonyl (C=O) groups is 1. The molecule has 0 saturated carbocycles. The van der Waals surface area contributed by atoms with Crippen LogP contribution in [0.4, 0.5) is 0 Å². The number of amides is 1. The largest absolute Gasteiger partial charge is 0.378 e. The van der Waals surface area contributed by atoms with E-state index in [1.165, 1.54) is 11.1 Å². The predicted molar refractivity (Wildman–Crippen MR) is 118 cm³/mol. The lowest BCUT2D eigenvalue weighted by atomic mass is 9.82. The average molecular weight is 415 g/mol. The fraction of sp³-hybridized carbons (Fsp3) is 0.650. The Morgan fingerprint density at radius 1 is 1.19 bits per heavy atom. The molecule has 0 heterocycles. The Morgan fingerprint density at radius 2 is 1.85 bits per heavy atom. The molecule has 0 aliphatic rings. The van der Waals surface area contributed by atoms with Crippen LogP contribution in [0.1, 0.15) is 54.4 Å². The van der Waals surface area contributed by atoms with E-state index < -0.39 is 0 Å². The zero-order valence-corrected chi connectivity index (χ0v) is 18.8. The first-order valence-corrected chi connectivity index (χ1v) is 11.9. The molecule has 1 rings (SSSR count). The number of rotatable bonds is 12. The maximum atomic E-state index is 12.5. The molecular formula is C20H34N2O3S2. The van der Waals surface area contributed by atoms with E-state index in [1.807, 2.05) is 22.9 Å². The molecule has 0 spiro atoms. The number of carbonyl (C=O) groups excluding carboxylic acids is 1. The van der Waals surface area contributed by atoms with Gasteiger partial charge in [-0.25, -0.2) is 0 Å². The molecule has 0 bridgehead atoms. The lowest BCUT2D eigenvalue weighted by Gasteiger charge is -2.26. The first-order chi connectivity index (χ1) is 12.8. The van der Waals surface area contributed by atoms with Gasteiger partial charge in [0.05, 0.1) is 26.4 Å². The maximum absolute atomic E-state index is 12.5. The van der Waals surface area contributed by atoms with Crippen LogP contribution in [0.3, 0.4) is 0 Å². The number of nitrogens with two attached hydrogens (primary N) is 1. The molecule has 0 aromatic heterocycles. The molecule has 0 aliphatic carbocycles. The Morgan fingerprint density at radius 3 is 2.44 bits per heavy atom. The summed E-state index contributed by atoms with van der Waals surface area (Å²) in [6.07, 6.45) is 2.08. The molecule has 0 aliphatic heterocycles. The summed E-state index contributed by atoms with van der Waals surface area (Å²) < 4.78 is 10.7. The van der Waals surface area contributed by atoms with E-state index in [-0.39, 0.29) is 11.3 Å². The molecule has 27 heavy (non-hydrogen) atoms. The van der Waals surface area contributed by atoms with Gasteiger partial charge in [0.15, 0.2) is 0 Å². The van der Waals surface area contributed by atoms with Gasteiger partial charge in [0.2, 0.25) is 0 Å². The first kappa shape index (κ1) is 24.3. The van der Waals surface area contributed by atoms with E-state index >= 15 is 0 Å². The number of hydrogen-bond acceptors (Lipinski definition) is 6. The molecule has 0 fully saturated rings. The summed E-state index contributed by atoms with van der Waals surface area (Å²) in [5.41, 5.74) is 8.59. The number of benzene rings is 1. The second kappa shape index (κ2) is 12.7. The van der Waals surface area contributed by atoms with Crippen molar-refractivity contribution in [1.29, 1.82) is 0 Å². The SMILES string of the molecule is CSSC(C)c1cc(C(=O)NCCOCCOCCN)ccc1C(C)(C)C. The van der Waals surface area contributed by atoms with Crippen LogP contribution in [0.25, 0.3) is 0 Å². The van der Waals surface area contributed by atoms with Crippen LogP contribution in [-0.2, 0) is 14.9 Å². The second-order valence-corrected chi connectivity index (χ2v) is 10.0. The van der Waals surface area contributed by atoms with Gasteiger partial charge in [0, 0.05) is 23.9 Å². The zero-order valence-electron chi connectivity index (χ0n) is 17.2. The molecule has 154 valence electrons. The molecular weight excluding hydrogens is 380 g/mol. The molecule has 5 nitrogen and oxygen atoms in total. The van der Waals surface area contributed by atoms with Crippen LogP contribution in [0.2, 0.25) is 0 Å². The fourth-order valence-corrected chi connectivity index (χ4v) is 4.43. The number of hydrogen-bond donors (Lipinski definition) is 2. The maximum Gasteiger partial charge on any atom is 0.251 e. The summed E-state index contributed by atoms with van der Waals surface area (Å²) in [5.74, 6) is -0.0685. The fourth-order valence-electron chi connectivity index (χ4n) is 2.66. The van der Waals surface area contributed by atoms with Crippen molar-refractivity contribution in [3.05, 3.63) is 34.9 Å².